The van der Waals surface area contributed by atoms with Crippen molar-refractivity contribution in [2.45, 2.75) is 6.92 Å². The number of aromatic nitrogens is 1. The van der Waals surface area contributed by atoms with Crippen LogP contribution in [0, 0.1) is 12.7 Å². The number of nitrogens with zero attached hydrogens (tertiary/aromatic N) is 2. The minimum absolute atomic E-state index is 0.0542. The Balaban J connectivity index is 1.59. The Hall–Kier alpha value is -2.86. The Labute approximate surface area is 160 Å². The van der Waals surface area contributed by atoms with Gasteiger partial charge >= 0.3 is 0 Å². The number of aryl methyl sites for hydroxylation is 1. The SMILES string of the molecule is Cc1c(C(=O)N2CCN(c3ccccc3Cl)C(=O)C2)[nH]c2c(F)cccc12. The molecule has 0 saturated carbocycles. The zero-order chi connectivity index (χ0) is 19.1. The first-order valence-corrected chi connectivity index (χ1v) is 8.96. The third kappa shape index (κ3) is 2.96. The van der Waals surface area contributed by atoms with Crippen molar-refractivity contribution in [1.29, 1.82) is 0 Å². The lowest BCUT2D eigenvalue weighted by atomic mass is 10.1. The molecule has 1 aliphatic heterocycles. The molecule has 2 amide bonds. The first-order valence-electron chi connectivity index (χ1n) is 8.58. The van der Waals surface area contributed by atoms with E-state index in [1.54, 1.807) is 42.2 Å². The van der Waals surface area contributed by atoms with Crippen LogP contribution in [0.5, 0.6) is 0 Å². The molecule has 27 heavy (non-hydrogen) atoms. The van der Waals surface area contributed by atoms with Crippen LogP contribution in [0.2, 0.25) is 5.02 Å². The molecule has 0 unspecified atom stereocenters. The highest BCUT2D eigenvalue weighted by molar-refractivity contribution is 6.33. The summed E-state index contributed by atoms with van der Waals surface area (Å²) in [6, 6.07) is 11.8. The van der Waals surface area contributed by atoms with Crippen molar-refractivity contribution in [3.63, 3.8) is 0 Å². The van der Waals surface area contributed by atoms with Gasteiger partial charge in [0, 0.05) is 18.5 Å². The van der Waals surface area contributed by atoms with Crippen molar-refractivity contribution >= 4 is 40.0 Å². The number of aromatic amines is 1. The summed E-state index contributed by atoms with van der Waals surface area (Å²) >= 11 is 6.18. The maximum atomic E-state index is 14.0. The first kappa shape index (κ1) is 17.5. The molecule has 4 rings (SSSR count). The number of piperazine rings is 1. The normalized spacial score (nSPS) is 14.9. The summed E-state index contributed by atoms with van der Waals surface area (Å²) < 4.78 is 14.0. The minimum atomic E-state index is -0.408. The molecular weight excluding hydrogens is 369 g/mol. The van der Waals surface area contributed by atoms with E-state index in [0.29, 0.717) is 46.0 Å². The topological polar surface area (TPSA) is 56.4 Å². The van der Waals surface area contributed by atoms with Gasteiger partial charge in [-0.3, -0.25) is 9.59 Å². The predicted molar refractivity (Wildman–Crippen MR) is 103 cm³/mol. The Morgan fingerprint density at radius 1 is 1.15 bits per heavy atom. The summed E-state index contributed by atoms with van der Waals surface area (Å²) in [4.78, 5) is 31.5. The largest absolute Gasteiger partial charge is 0.348 e. The van der Waals surface area contributed by atoms with Gasteiger partial charge in [0.25, 0.3) is 5.91 Å². The second-order valence-corrected chi connectivity index (χ2v) is 6.92. The van der Waals surface area contributed by atoms with Gasteiger partial charge in [0.15, 0.2) is 0 Å². The molecule has 2 heterocycles. The summed E-state index contributed by atoms with van der Waals surface area (Å²) in [7, 11) is 0. The van der Waals surface area contributed by atoms with E-state index >= 15 is 0 Å². The number of para-hydroxylation sites is 2. The van der Waals surface area contributed by atoms with Gasteiger partial charge < -0.3 is 14.8 Å². The van der Waals surface area contributed by atoms with Crippen LogP contribution in [0.1, 0.15) is 16.1 Å². The minimum Gasteiger partial charge on any atom is -0.348 e. The van der Waals surface area contributed by atoms with E-state index in [1.807, 2.05) is 6.07 Å². The number of amides is 2. The number of nitrogens with one attached hydrogen (secondary N) is 1. The quantitative estimate of drug-likeness (QED) is 0.730. The molecule has 7 heteroatoms. The van der Waals surface area contributed by atoms with Crippen LogP contribution in [0.3, 0.4) is 0 Å². The molecule has 1 fully saturated rings. The fraction of sp³-hybridized carbons (Fsp3) is 0.200. The first-order chi connectivity index (χ1) is 13.0. The van der Waals surface area contributed by atoms with Crippen LogP contribution in [-0.4, -0.2) is 41.3 Å². The van der Waals surface area contributed by atoms with Crippen LogP contribution >= 0.6 is 11.6 Å². The molecule has 3 aromatic rings. The van der Waals surface area contributed by atoms with Crippen molar-refractivity contribution in [3.8, 4) is 0 Å². The van der Waals surface area contributed by atoms with Crippen molar-refractivity contribution in [3.05, 3.63) is 64.6 Å². The molecule has 0 radical (unpaired) electrons. The molecule has 0 bridgehead atoms. The summed E-state index contributed by atoms with van der Waals surface area (Å²) in [5.74, 6) is -0.924. The highest BCUT2D eigenvalue weighted by atomic mass is 35.5. The number of rotatable bonds is 2. The van der Waals surface area contributed by atoms with Gasteiger partial charge in [0.1, 0.15) is 18.1 Å². The smallest absolute Gasteiger partial charge is 0.271 e. The second-order valence-electron chi connectivity index (χ2n) is 6.51. The summed E-state index contributed by atoms with van der Waals surface area (Å²) in [5.41, 5.74) is 1.93. The average Bonchev–Trinajstić information content (AvgIpc) is 3.00. The van der Waals surface area contributed by atoms with E-state index in [9.17, 15) is 14.0 Å². The van der Waals surface area contributed by atoms with Gasteiger partial charge in [0.05, 0.1) is 16.2 Å². The maximum Gasteiger partial charge on any atom is 0.271 e. The number of H-pyrrole nitrogens is 1. The lowest BCUT2D eigenvalue weighted by Gasteiger charge is -2.34. The second kappa shape index (κ2) is 6.70. The van der Waals surface area contributed by atoms with E-state index in [4.69, 9.17) is 11.6 Å². The number of benzene rings is 2. The van der Waals surface area contributed by atoms with E-state index in [-0.39, 0.29) is 18.4 Å². The summed E-state index contributed by atoms with van der Waals surface area (Å²) in [6.07, 6.45) is 0. The van der Waals surface area contributed by atoms with Crippen molar-refractivity contribution in [2.75, 3.05) is 24.5 Å². The number of anilines is 1. The number of halogens is 2. The number of fused-ring (bicyclic) bond motifs is 1. The standard InChI is InChI=1S/C20H17ClFN3O2/c1-12-13-5-4-7-15(22)19(13)23-18(12)20(27)24-9-10-25(17(26)11-24)16-8-3-2-6-14(16)21/h2-8,23H,9-11H2,1H3. The number of carbonyl (C=O) groups is 2. The number of hydrogen-bond donors (Lipinski definition) is 1. The fourth-order valence-corrected chi connectivity index (χ4v) is 3.70. The third-order valence-electron chi connectivity index (χ3n) is 4.91. The van der Waals surface area contributed by atoms with Gasteiger partial charge in [-0.05, 0) is 30.7 Å². The van der Waals surface area contributed by atoms with Crippen LogP contribution in [-0.2, 0) is 4.79 Å². The van der Waals surface area contributed by atoms with Gasteiger partial charge in [-0.25, -0.2) is 4.39 Å². The molecule has 5 nitrogen and oxygen atoms in total. The average molecular weight is 386 g/mol. The molecule has 0 spiro atoms. The lowest BCUT2D eigenvalue weighted by Crippen LogP contribution is -2.52. The molecule has 1 aromatic heterocycles. The van der Waals surface area contributed by atoms with E-state index in [2.05, 4.69) is 4.98 Å². The lowest BCUT2D eigenvalue weighted by molar-refractivity contribution is -0.120. The molecule has 138 valence electrons. The van der Waals surface area contributed by atoms with Gasteiger partial charge in [-0.1, -0.05) is 35.9 Å². The highest BCUT2D eigenvalue weighted by Crippen LogP contribution is 2.28. The molecule has 2 aromatic carbocycles. The van der Waals surface area contributed by atoms with Crippen LogP contribution in [0.25, 0.3) is 10.9 Å². The predicted octanol–water partition coefficient (Wildman–Crippen LogP) is 3.76. The highest BCUT2D eigenvalue weighted by Gasteiger charge is 2.31. The fourth-order valence-electron chi connectivity index (χ4n) is 3.46. The van der Waals surface area contributed by atoms with Crippen LogP contribution in [0.15, 0.2) is 42.5 Å². The van der Waals surface area contributed by atoms with Gasteiger partial charge in [-0.15, -0.1) is 0 Å². The van der Waals surface area contributed by atoms with E-state index < -0.39 is 5.82 Å². The number of carbonyl (C=O) groups excluding carboxylic acids is 2. The molecule has 1 aliphatic rings. The summed E-state index contributed by atoms with van der Waals surface area (Å²) in [5, 5.41) is 1.16. The Morgan fingerprint density at radius 3 is 2.63 bits per heavy atom. The van der Waals surface area contributed by atoms with Gasteiger partial charge in [0.2, 0.25) is 5.91 Å². The van der Waals surface area contributed by atoms with E-state index in [0.717, 1.165) is 0 Å². The molecular formula is C20H17ClFN3O2. The van der Waals surface area contributed by atoms with Crippen molar-refractivity contribution < 1.29 is 14.0 Å². The van der Waals surface area contributed by atoms with Crippen LogP contribution in [0.4, 0.5) is 10.1 Å². The van der Waals surface area contributed by atoms with E-state index in [1.165, 1.54) is 11.0 Å². The van der Waals surface area contributed by atoms with Crippen molar-refractivity contribution in [2.24, 2.45) is 0 Å². The zero-order valence-corrected chi connectivity index (χ0v) is 15.4. The zero-order valence-electron chi connectivity index (χ0n) is 14.6. The number of hydrogen-bond acceptors (Lipinski definition) is 2. The molecule has 1 N–H and O–H groups in total. The summed E-state index contributed by atoms with van der Waals surface area (Å²) in [6.45, 7) is 2.43. The van der Waals surface area contributed by atoms with Crippen molar-refractivity contribution in [1.82, 2.24) is 9.88 Å². The Kier molecular flexibility index (Phi) is 4.36. The van der Waals surface area contributed by atoms with Crippen LogP contribution < -0.4 is 4.90 Å². The monoisotopic (exact) mass is 385 g/mol. The molecule has 0 aliphatic carbocycles. The van der Waals surface area contributed by atoms with Gasteiger partial charge in [-0.2, -0.15) is 0 Å². The third-order valence-corrected chi connectivity index (χ3v) is 5.23. The molecule has 0 atom stereocenters. The Bertz CT molecular complexity index is 1060. The Morgan fingerprint density at radius 2 is 1.93 bits per heavy atom. The maximum absolute atomic E-state index is 14.0. The molecule has 1 saturated heterocycles.